The molecule has 1 unspecified atom stereocenters. The van der Waals surface area contributed by atoms with Crippen LogP contribution in [0.4, 0.5) is 0 Å². The first-order valence-corrected chi connectivity index (χ1v) is 5.64. The van der Waals surface area contributed by atoms with Crippen LogP contribution in [0.2, 0.25) is 0 Å². The first-order valence-electron chi connectivity index (χ1n) is 5.64. The maximum Gasteiger partial charge on any atom is 0.108 e. The minimum atomic E-state index is -0.737. The maximum absolute atomic E-state index is 10.4. The highest BCUT2D eigenvalue weighted by Crippen LogP contribution is 2.25. The molecule has 1 atom stereocenters. The molecule has 3 aromatic rings. The Morgan fingerprint density at radius 3 is 2.67 bits per heavy atom. The molecule has 4 nitrogen and oxygen atoms in total. The topological polar surface area (TPSA) is 58.9 Å². The van der Waals surface area contributed by atoms with E-state index in [9.17, 15) is 5.11 Å². The molecule has 0 bridgehead atoms. The molecule has 18 heavy (non-hydrogen) atoms. The van der Waals surface area contributed by atoms with Gasteiger partial charge >= 0.3 is 0 Å². The van der Waals surface area contributed by atoms with Crippen molar-refractivity contribution in [1.29, 1.82) is 0 Å². The van der Waals surface area contributed by atoms with E-state index in [1.54, 1.807) is 30.9 Å². The van der Waals surface area contributed by atoms with Crippen molar-refractivity contribution in [2.24, 2.45) is 0 Å². The van der Waals surface area contributed by atoms with E-state index in [1.165, 1.54) is 0 Å². The number of rotatable bonds is 2. The molecular formula is C14H11N3O. The molecule has 0 fully saturated rings. The van der Waals surface area contributed by atoms with Crippen molar-refractivity contribution in [2.45, 2.75) is 6.10 Å². The van der Waals surface area contributed by atoms with Gasteiger partial charge in [-0.15, -0.1) is 0 Å². The highest BCUT2D eigenvalue weighted by Gasteiger charge is 2.14. The third-order valence-corrected chi connectivity index (χ3v) is 2.82. The second kappa shape index (κ2) is 4.50. The van der Waals surface area contributed by atoms with Gasteiger partial charge in [0.05, 0.1) is 11.0 Å². The number of hydrogen-bond donors (Lipinski definition) is 1. The Labute approximate surface area is 104 Å². The van der Waals surface area contributed by atoms with Crippen molar-refractivity contribution in [3.8, 4) is 0 Å². The number of para-hydroxylation sites is 1. The van der Waals surface area contributed by atoms with E-state index < -0.39 is 6.10 Å². The molecule has 0 amide bonds. The fraction of sp³-hybridized carbons (Fsp3) is 0.0714. The largest absolute Gasteiger partial charge is 0.384 e. The normalized spacial score (nSPS) is 12.5. The molecule has 0 spiro atoms. The van der Waals surface area contributed by atoms with Gasteiger partial charge in [-0.3, -0.25) is 15.0 Å². The van der Waals surface area contributed by atoms with Gasteiger partial charge in [-0.1, -0.05) is 18.2 Å². The SMILES string of the molecule is OC(c1cccnc1)c1cccc2nccnc12. The standard InChI is InChI=1S/C14H11N3O/c18-14(10-3-2-6-15-9-10)11-4-1-5-12-13(11)17-8-7-16-12/h1-9,14,18H. The van der Waals surface area contributed by atoms with Crippen molar-refractivity contribution < 1.29 is 5.11 Å². The van der Waals surface area contributed by atoms with Gasteiger partial charge in [0, 0.05) is 35.9 Å². The molecule has 0 aliphatic rings. The van der Waals surface area contributed by atoms with E-state index in [0.29, 0.717) is 0 Å². The van der Waals surface area contributed by atoms with Gasteiger partial charge in [-0.05, 0) is 12.1 Å². The summed E-state index contributed by atoms with van der Waals surface area (Å²) in [7, 11) is 0. The zero-order valence-electron chi connectivity index (χ0n) is 9.56. The molecular weight excluding hydrogens is 226 g/mol. The van der Waals surface area contributed by atoms with Crippen molar-refractivity contribution in [2.75, 3.05) is 0 Å². The predicted molar refractivity (Wildman–Crippen MR) is 67.8 cm³/mol. The van der Waals surface area contributed by atoms with Crippen molar-refractivity contribution >= 4 is 11.0 Å². The van der Waals surface area contributed by atoms with Crippen LogP contribution in [-0.4, -0.2) is 20.1 Å². The van der Waals surface area contributed by atoms with Gasteiger partial charge in [-0.2, -0.15) is 0 Å². The number of nitrogens with zero attached hydrogens (tertiary/aromatic N) is 3. The van der Waals surface area contributed by atoms with E-state index in [4.69, 9.17) is 0 Å². The monoisotopic (exact) mass is 237 g/mol. The lowest BCUT2D eigenvalue weighted by Gasteiger charge is -2.12. The van der Waals surface area contributed by atoms with Gasteiger partial charge in [-0.25, -0.2) is 0 Å². The van der Waals surface area contributed by atoms with Crippen LogP contribution in [0.5, 0.6) is 0 Å². The summed E-state index contributed by atoms with van der Waals surface area (Å²) < 4.78 is 0. The average molecular weight is 237 g/mol. The second-order valence-corrected chi connectivity index (χ2v) is 3.96. The van der Waals surface area contributed by atoms with Crippen LogP contribution in [0, 0.1) is 0 Å². The summed E-state index contributed by atoms with van der Waals surface area (Å²) in [6, 6.07) is 9.24. The first-order chi connectivity index (χ1) is 8.86. The molecule has 4 heteroatoms. The molecule has 3 rings (SSSR count). The molecule has 2 heterocycles. The van der Waals surface area contributed by atoms with Crippen LogP contribution >= 0.6 is 0 Å². The molecule has 88 valence electrons. The minimum absolute atomic E-state index is 0.719. The molecule has 0 aliphatic carbocycles. The van der Waals surface area contributed by atoms with Crippen molar-refractivity contribution in [3.63, 3.8) is 0 Å². The summed E-state index contributed by atoms with van der Waals surface area (Å²) in [6.45, 7) is 0. The van der Waals surface area contributed by atoms with Crippen LogP contribution in [0.15, 0.2) is 55.1 Å². The van der Waals surface area contributed by atoms with E-state index >= 15 is 0 Å². The minimum Gasteiger partial charge on any atom is -0.384 e. The second-order valence-electron chi connectivity index (χ2n) is 3.96. The number of pyridine rings is 1. The zero-order valence-corrected chi connectivity index (χ0v) is 9.56. The van der Waals surface area contributed by atoms with E-state index in [2.05, 4.69) is 15.0 Å². The van der Waals surface area contributed by atoms with Gasteiger partial charge in [0.25, 0.3) is 0 Å². The molecule has 2 aromatic heterocycles. The van der Waals surface area contributed by atoms with E-state index in [-0.39, 0.29) is 0 Å². The lowest BCUT2D eigenvalue weighted by atomic mass is 10.0. The van der Waals surface area contributed by atoms with Crippen LogP contribution in [-0.2, 0) is 0 Å². The molecule has 1 aromatic carbocycles. The van der Waals surface area contributed by atoms with Crippen LogP contribution < -0.4 is 0 Å². The molecule has 0 radical (unpaired) electrons. The number of aliphatic hydroxyl groups excluding tert-OH is 1. The Morgan fingerprint density at radius 1 is 0.944 bits per heavy atom. The third-order valence-electron chi connectivity index (χ3n) is 2.82. The van der Waals surface area contributed by atoms with E-state index in [0.717, 1.165) is 22.2 Å². The third kappa shape index (κ3) is 1.83. The summed E-state index contributed by atoms with van der Waals surface area (Å²) in [6.07, 6.45) is 5.86. The van der Waals surface area contributed by atoms with Crippen molar-refractivity contribution in [3.05, 3.63) is 66.2 Å². The Balaban J connectivity index is 2.15. The smallest absolute Gasteiger partial charge is 0.108 e. The van der Waals surface area contributed by atoms with Crippen LogP contribution in [0.25, 0.3) is 11.0 Å². The number of fused-ring (bicyclic) bond motifs is 1. The fourth-order valence-corrected chi connectivity index (χ4v) is 1.95. The Bertz CT molecular complexity index is 665. The highest BCUT2D eigenvalue weighted by atomic mass is 16.3. The number of aliphatic hydroxyl groups is 1. The quantitative estimate of drug-likeness (QED) is 0.741. The molecule has 0 saturated heterocycles. The first kappa shape index (κ1) is 10.8. The van der Waals surface area contributed by atoms with Gasteiger partial charge in [0.2, 0.25) is 0 Å². The van der Waals surface area contributed by atoms with Gasteiger partial charge in [0.15, 0.2) is 0 Å². The zero-order chi connectivity index (χ0) is 12.4. The average Bonchev–Trinajstić information content (AvgIpc) is 2.47. The number of hydrogen-bond acceptors (Lipinski definition) is 4. The summed E-state index contributed by atoms with van der Waals surface area (Å²) in [5.41, 5.74) is 2.98. The summed E-state index contributed by atoms with van der Waals surface area (Å²) in [5, 5.41) is 10.4. The predicted octanol–water partition coefficient (Wildman–Crippen LogP) is 2.11. The Morgan fingerprint density at radius 2 is 1.83 bits per heavy atom. The lowest BCUT2D eigenvalue weighted by Crippen LogP contribution is -2.02. The van der Waals surface area contributed by atoms with Gasteiger partial charge in [0.1, 0.15) is 6.10 Å². The molecule has 1 N–H and O–H groups in total. The fourth-order valence-electron chi connectivity index (χ4n) is 1.95. The van der Waals surface area contributed by atoms with Crippen LogP contribution in [0.1, 0.15) is 17.2 Å². The van der Waals surface area contributed by atoms with Crippen LogP contribution in [0.3, 0.4) is 0 Å². The maximum atomic E-state index is 10.4. The summed E-state index contributed by atoms with van der Waals surface area (Å²) in [4.78, 5) is 12.5. The number of benzene rings is 1. The lowest BCUT2D eigenvalue weighted by molar-refractivity contribution is 0.221. The summed E-state index contributed by atoms with van der Waals surface area (Å²) in [5.74, 6) is 0. The Kier molecular flexibility index (Phi) is 2.70. The Hall–Kier alpha value is -2.33. The highest BCUT2D eigenvalue weighted by molar-refractivity contribution is 5.78. The van der Waals surface area contributed by atoms with Crippen molar-refractivity contribution in [1.82, 2.24) is 15.0 Å². The van der Waals surface area contributed by atoms with Gasteiger partial charge < -0.3 is 5.11 Å². The molecule has 0 saturated carbocycles. The molecule has 0 aliphatic heterocycles. The summed E-state index contributed by atoms with van der Waals surface area (Å²) >= 11 is 0. The van der Waals surface area contributed by atoms with E-state index in [1.807, 2.05) is 24.3 Å². The number of aromatic nitrogens is 3.